The summed E-state index contributed by atoms with van der Waals surface area (Å²) in [4.78, 5) is 10.6. The molecule has 0 saturated carbocycles. The molecule has 0 atom stereocenters. The number of aromatic carboxylic acids is 1. The number of nitrogens with two attached hydrogens (primary N) is 1. The van der Waals surface area contributed by atoms with Crippen molar-refractivity contribution in [2.45, 2.75) is 6.18 Å². The smallest absolute Gasteiger partial charge is 0.417 e. The van der Waals surface area contributed by atoms with Gasteiger partial charge in [0.15, 0.2) is 0 Å². The largest absolute Gasteiger partial charge is 0.492 e. The molecule has 0 fully saturated rings. The quantitative estimate of drug-likeness (QED) is 0.852. The number of rotatable bonds is 4. The standard InChI is InChI=1S/C10H10F3NO3/c11-10(12,13)8-5-6(17-4-3-14)1-2-7(8)9(15)16/h1-2,5H,3-4,14H2,(H,15,16). The van der Waals surface area contributed by atoms with E-state index < -0.39 is 23.3 Å². The first kappa shape index (κ1) is 13.3. The average molecular weight is 249 g/mol. The van der Waals surface area contributed by atoms with E-state index in [0.717, 1.165) is 12.1 Å². The molecule has 0 bridgehead atoms. The fourth-order valence-electron chi connectivity index (χ4n) is 1.21. The van der Waals surface area contributed by atoms with Gasteiger partial charge in [-0.15, -0.1) is 0 Å². The van der Waals surface area contributed by atoms with Gasteiger partial charge in [-0.1, -0.05) is 0 Å². The van der Waals surface area contributed by atoms with Crippen molar-refractivity contribution >= 4 is 5.97 Å². The fraction of sp³-hybridized carbons (Fsp3) is 0.300. The van der Waals surface area contributed by atoms with Crippen molar-refractivity contribution in [1.29, 1.82) is 0 Å². The van der Waals surface area contributed by atoms with Gasteiger partial charge < -0.3 is 15.6 Å². The number of alkyl halides is 3. The normalized spacial score (nSPS) is 11.3. The molecule has 1 aromatic carbocycles. The van der Waals surface area contributed by atoms with Crippen LogP contribution in [0, 0.1) is 0 Å². The Morgan fingerprint density at radius 1 is 1.41 bits per heavy atom. The monoisotopic (exact) mass is 249 g/mol. The van der Waals surface area contributed by atoms with E-state index >= 15 is 0 Å². The maximum absolute atomic E-state index is 12.6. The van der Waals surface area contributed by atoms with Crippen LogP contribution >= 0.6 is 0 Å². The van der Waals surface area contributed by atoms with Crippen LogP contribution in [0.15, 0.2) is 18.2 Å². The van der Waals surface area contributed by atoms with Crippen molar-refractivity contribution in [2.24, 2.45) is 5.73 Å². The van der Waals surface area contributed by atoms with Crippen LogP contribution in [0.1, 0.15) is 15.9 Å². The molecule has 0 amide bonds. The summed E-state index contributed by atoms with van der Waals surface area (Å²) < 4.78 is 42.6. The predicted molar refractivity (Wildman–Crippen MR) is 53.0 cm³/mol. The van der Waals surface area contributed by atoms with E-state index in [1.807, 2.05) is 0 Å². The summed E-state index contributed by atoms with van der Waals surface area (Å²) >= 11 is 0. The lowest BCUT2D eigenvalue weighted by Crippen LogP contribution is -2.14. The summed E-state index contributed by atoms with van der Waals surface area (Å²) in [5.74, 6) is -1.70. The number of carboxylic acid groups (broad SMARTS) is 1. The maximum atomic E-state index is 12.6. The molecule has 0 spiro atoms. The molecule has 3 N–H and O–H groups in total. The van der Waals surface area contributed by atoms with Crippen LogP contribution in [0.25, 0.3) is 0 Å². The Hall–Kier alpha value is -1.76. The summed E-state index contributed by atoms with van der Waals surface area (Å²) in [6, 6.07) is 2.67. The van der Waals surface area contributed by atoms with Gasteiger partial charge in [0.2, 0.25) is 0 Å². The molecule has 94 valence electrons. The average Bonchev–Trinajstić information content (AvgIpc) is 2.24. The van der Waals surface area contributed by atoms with Gasteiger partial charge in [-0.25, -0.2) is 4.79 Å². The molecule has 17 heavy (non-hydrogen) atoms. The Bertz CT molecular complexity index is 418. The lowest BCUT2D eigenvalue weighted by Gasteiger charge is -2.12. The molecule has 4 nitrogen and oxygen atoms in total. The van der Waals surface area contributed by atoms with Crippen LogP contribution < -0.4 is 10.5 Å². The van der Waals surface area contributed by atoms with Gasteiger partial charge >= 0.3 is 12.1 Å². The highest BCUT2D eigenvalue weighted by Gasteiger charge is 2.35. The Morgan fingerprint density at radius 3 is 2.53 bits per heavy atom. The van der Waals surface area contributed by atoms with E-state index in [1.165, 1.54) is 0 Å². The van der Waals surface area contributed by atoms with Crippen molar-refractivity contribution in [3.8, 4) is 5.75 Å². The first-order chi connectivity index (χ1) is 7.86. The van der Waals surface area contributed by atoms with Gasteiger partial charge in [0, 0.05) is 6.54 Å². The number of hydrogen-bond donors (Lipinski definition) is 2. The molecule has 0 aliphatic rings. The number of benzene rings is 1. The highest BCUT2D eigenvalue weighted by Crippen LogP contribution is 2.34. The van der Waals surface area contributed by atoms with Gasteiger partial charge in [-0.2, -0.15) is 13.2 Å². The lowest BCUT2D eigenvalue weighted by molar-refractivity contribution is -0.138. The number of carbonyl (C=O) groups is 1. The maximum Gasteiger partial charge on any atom is 0.417 e. The minimum absolute atomic E-state index is 0.0592. The summed E-state index contributed by atoms with van der Waals surface area (Å²) in [6.45, 7) is 0.214. The molecule has 0 aliphatic heterocycles. The van der Waals surface area contributed by atoms with Gasteiger partial charge in [0.25, 0.3) is 0 Å². The summed E-state index contributed by atoms with van der Waals surface area (Å²) in [5.41, 5.74) is 3.09. The molecule has 0 radical (unpaired) electrons. The van der Waals surface area contributed by atoms with Gasteiger partial charge in [0.05, 0.1) is 11.1 Å². The fourth-order valence-corrected chi connectivity index (χ4v) is 1.21. The van der Waals surface area contributed by atoms with Gasteiger partial charge in [-0.3, -0.25) is 0 Å². The van der Waals surface area contributed by atoms with E-state index in [2.05, 4.69) is 0 Å². The molecule has 0 saturated heterocycles. The van der Waals surface area contributed by atoms with Gasteiger partial charge in [-0.05, 0) is 18.2 Å². The van der Waals surface area contributed by atoms with Crippen LogP contribution in [-0.2, 0) is 6.18 Å². The summed E-state index contributed by atoms with van der Waals surface area (Å²) in [7, 11) is 0. The Labute approximate surface area is 94.8 Å². The lowest BCUT2D eigenvalue weighted by atomic mass is 10.1. The number of ether oxygens (including phenoxy) is 1. The zero-order chi connectivity index (χ0) is 13.1. The summed E-state index contributed by atoms with van der Waals surface area (Å²) in [5, 5.41) is 8.64. The van der Waals surface area contributed by atoms with E-state index in [0.29, 0.717) is 6.07 Å². The zero-order valence-electron chi connectivity index (χ0n) is 8.62. The van der Waals surface area contributed by atoms with E-state index in [4.69, 9.17) is 15.6 Å². The third-order valence-corrected chi connectivity index (χ3v) is 1.91. The third kappa shape index (κ3) is 3.35. The molecule has 0 aliphatic carbocycles. The first-order valence-corrected chi connectivity index (χ1v) is 4.63. The van der Waals surface area contributed by atoms with E-state index in [1.54, 1.807) is 0 Å². The first-order valence-electron chi connectivity index (χ1n) is 4.63. The van der Waals surface area contributed by atoms with Crippen LogP contribution in [-0.4, -0.2) is 24.2 Å². The van der Waals surface area contributed by atoms with Crippen LogP contribution in [0.4, 0.5) is 13.2 Å². The molecule has 0 unspecified atom stereocenters. The molecule has 1 rings (SSSR count). The Kier molecular flexibility index (Phi) is 3.95. The third-order valence-electron chi connectivity index (χ3n) is 1.91. The second-order valence-corrected chi connectivity index (χ2v) is 3.15. The minimum atomic E-state index is -4.74. The second-order valence-electron chi connectivity index (χ2n) is 3.15. The predicted octanol–water partition coefficient (Wildman–Crippen LogP) is 1.74. The van der Waals surface area contributed by atoms with Crippen LogP contribution in [0.3, 0.4) is 0 Å². The van der Waals surface area contributed by atoms with E-state index in [9.17, 15) is 18.0 Å². The van der Waals surface area contributed by atoms with E-state index in [-0.39, 0.29) is 18.9 Å². The zero-order valence-corrected chi connectivity index (χ0v) is 8.62. The number of hydrogen-bond acceptors (Lipinski definition) is 3. The van der Waals surface area contributed by atoms with Crippen molar-refractivity contribution in [1.82, 2.24) is 0 Å². The highest BCUT2D eigenvalue weighted by molar-refractivity contribution is 5.89. The van der Waals surface area contributed by atoms with Crippen molar-refractivity contribution in [3.63, 3.8) is 0 Å². The molecule has 7 heteroatoms. The Morgan fingerprint density at radius 2 is 2.06 bits per heavy atom. The SMILES string of the molecule is NCCOc1ccc(C(=O)O)c(C(F)(F)F)c1. The summed E-state index contributed by atoms with van der Waals surface area (Å²) in [6.07, 6.45) is -4.74. The second kappa shape index (κ2) is 5.05. The number of halogens is 3. The molecular weight excluding hydrogens is 239 g/mol. The van der Waals surface area contributed by atoms with Crippen LogP contribution in [0.5, 0.6) is 5.75 Å². The van der Waals surface area contributed by atoms with Crippen molar-refractivity contribution < 1.29 is 27.8 Å². The van der Waals surface area contributed by atoms with Crippen molar-refractivity contribution in [3.05, 3.63) is 29.3 Å². The minimum Gasteiger partial charge on any atom is -0.492 e. The molecular formula is C10H10F3NO3. The Balaban J connectivity index is 3.15. The molecule has 1 aromatic rings. The molecule has 0 aromatic heterocycles. The highest BCUT2D eigenvalue weighted by atomic mass is 19.4. The molecule has 0 heterocycles. The topological polar surface area (TPSA) is 72.5 Å². The van der Waals surface area contributed by atoms with Crippen molar-refractivity contribution in [2.75, 3.05) is 13.2 Å². The number of carboxylic acids is 1. The van der Waals surface area contributed by atoms with Gasteiger partial charge in [0.1, 0.15) is 12.4 Å². The van der Waals surface area contributed by atoms with Crippen LogP contribution in [0.2, 0.25) is 0 Å².